The molecule has 0 radical (unpaired) electrons. The first-order valence-corrected chi connectivity index (χ1v) is 3.48. The molecule has 0 atom stereocenters. The van der Waals surface area contributed by atoms with E-state index < -0.39 is 0 Å². The van der Waals surface area contributed by atoms with Crippen LogP contribution in [0.2, 0.25) is 0 Å². The number of hydrogen-bond acceptors (Lipinski definition) is 3. The number of allylic oxidation sites excluding steroid dienone is 1. The Hall–Kier alpha value is -0.700. The van der Waals surface area contributed by atoms with Crippen LogP contribution in [-0.2, 0) is 0 Å². The van der Waals surface area contributed by atoms with E-state index in [4.69, 9.17) is 0 Å². The van der Waals surface area contributed by atoms with Crippen molar-refractivity contribution in [1.82, 2.24) is 10.2 Å². The lowest BCUT2D eigenvalue weighted by atomic mass is 10.4. The first-order chi connectivity index (χ1) is 4.20. The van der Waals surface area contributed by atoms with Gasteiger partial charge in [0.2, 0.25) is 0 Å². The smallest absolute Gasteiger partial charge is 0.142 e. The molecule has 1 rings (SSSR count). The van der Waals surface area contributed by atoms with E-state index in [0.717, 1.165) is 15.6 Å². The fourth-order valence-corrected chi connectivity index (χ4v) is 1.09. The van der Waals surface area contributed by atoms with Gasteiger partial charge in [-0.05, 0) is 19.4 Å². The predicted molar refractivity (Wildman–Crippen MR) is 39.4 cm³/mol. The molecule has 3 heteroatoms. The first kappa shape index (κ1) is 6.42. The molecule has 0 aliphatic carbocycles. The quantitative estimate of drug-likeness (QED) is 0.595. The highest BCUT2D eigenvalue weighted by Crippen LogP contribution is 2.15. The molecule has 1 aromatic heterocycles. The molecule has 0 aromatic carbocycles. The van der Waals surface area contributed by atoms with E-state index in [0.29, 0.717) is 0 Å². The number of nitrogens with zero attached hydrogens (tertiary/aromatic N) is 2. The van der Waals surface area contributed by atoms with E-state index in [9.17, 15) is 0 Å². The lowest BCUT2D eigenvalue weighted by molar-refractivity contribution is 1.04. The molecule has 0 aliphatic rings. The molecule has 0 spiro atoms. The third kappa shape index (κ3) is 1.36. The molecule has 0 N–H and O–H groups in total. The minimum Gasteiger partial charge on any atom is -0.144 e. The minimum atomic E-state index is 0.938. The predicted octanol–water partition coefficient (Wildman–Crippen LogP) is 1.88. The Morgan fingerprint density at radius 1 is 1.56 bits per heavy atom. The third-order valence-corrected chi connectivity index (χ3v) is 1.89. The molecular weight excluding hydrogens is 132 g/mol. The first-order valence-electron chi connectivity index (χ1n) is 2.66. The van der Waals surface area contributed by atoms with Crippen LogP contribution in [0.15, 0.2) is 6.58 Å². The molecule has 0 fully saturated rings. The molecule has 1 aromatic rings. The van der Waals surface area contributed by atoms with Gasteiger partial charge in [-0.15, -0.1) is 10.2 Å². The van der Waals surface area contributed by atoms with Crippen LogP contribution in [0.5, 0.6) is 0 Å². The maximum absolute atomic E-state index is 3.88. The van der Waals surface area contributed by atoms with E-state index in [2.05, 4.69) is 16.8 Å². The van der Waals surface area contributed by atoms with Gasteiger partial charge in [0.05, 0.1) is 0 Å². The van der Waals surface area contributed by atoms with Gasteiger partial charge in [-0.2, -0.15) is 0 Å². The Labute approximate surface area is 58.2 Å². The van der Waals surface area contributed by atoms with Gasteiger partial charge in [-0.25, -0.2) is 0 Å². The zero-order valence-electron chi connectivity index (χ0n) is 5.51. The monoisotopic (exact) mass is 140 g/mol. The summed E-state index contributed by atoms with van der Waals surface area (Å²) < 4.78 is 0. The second-order valence-corrected chi connectivity index (χ2v) is 3.09. The van der Waals surface area contributed by atoms with Crippen molar-refractivity contribution in [1.29, 1.82) is 0 Å². The average molecular weight is 140 g/mol. The van der Waals surface area contributed by atoms with Gasteiger partial charge in [0.25, 0.3) is 0 Å². The highest BCUT2D eigenvalue weighted by molar-refractivity contribution is 7.12. The molecule has 0 saturated heterocycles. The van der Waals surface area contributed by atoms with Crippen molar-refractivity contribution < 1.29 is 0 Å². The summed E-state index contributed by atoms with van der Waals surface area (Å²) in [5, 5.41) is 9.66. The Bertz CT molecular complexity index is 227. The van der Waals surface area contributed by atoms with Crippen molar-refractivity contribution in [2.75, 3.05) is 0 Å². The highest BCUT2D eigenvalue weighted by atomic mass is 32.1. The van der Waals surface area contributed by atoms with Crippen LogP contribution >= 0.6 is 11.3 Å². The second kappa shape index (κ2) is 2.27. The summed E-state index contributed by atoms with van der Waals surface area (Å²) in [5.41, 5.74) is 0.987. The van der Waals surface area contributed by atoms with E-state index in [1.807, 2.05) is 13.8 Å². The number of hydrogen-bond donors (Lipinski definition) is 0. The van der Waals surface area contributed by atoms with Crippen LogP contribution in [0.25, 0.3) is 5.57 Å². The zero-order valence-corrected chi connectivity index (χ0v) is 6.33. The van der Waals surface area contributed by atoms with Crippen LogP contribution in [-0.4, -0.2) is 10.2 Å². The fourth-order valence-electron chi connectivity index (χ4n) is 0.469. The molecule has 0 amide bonds. The Morgan fingerprint density at radius 3 is 2.44 bits per heavy atom. The van der Waals surface area contributed by atoms with Crippen LogP contribution in [0.4, 0.5) is 0 Å². The standard InChI is InChI=1S/C6H8N2S/c1-4(2)6-8-7-5(3)9-6/h1H2,2-3H3. The topological polar surface area (TPSA) is 25.8 Å². The van der Waals surface area contributed by atoms with E-state index in [-0.39, 0.29) is 0 Å². The number of aryl methyl sites for hydroxylation is 1. The Balaban J connectivity index is 2.98. The van der Waals surface area contributed by atoms with E-state index in [1.54, 1.807) is 11.3 Å². The lowest BCUT2D eigenvalue weighted by Crippen LogP contribution is -1.73. The maximum Gasteiger partial charge on any atom is 0.142 e. The third-order valence-electron chi connectivity index (χ3n) is 0.891. The summed E-state index contributed by atoms with van der Waals surface area (Å²) in [6, 6.07) is 0. The fraction of sp³-hybridized carbons (Fsp3) is 0.333. The van der Waals surface area contributed by atoms with Gasteiger partial charge in [0, 0.05) is 0 Å². The molecule has 0 aliphatic heterocycles. The lowest BCUT2D eigenvalue weighted by Gasteiger charge is -1.83. The van der Waals surface area contributed by atoms with Gasteiger partial charge in [-0.1, -0.05) is 17.9 Å². The molecule has 1 heterocycles. The van der Waals surface area contributed by atoms with Crippen molar-refractivity contribution >= 4 is 16.9 Å². The van der Waals surface area contributed by atoms with Crippen molar-refractivity contribution in [2.45, 2.75) is 13.8 Å². The summed E-state index contributed by atoms with van der Waals surface area (Å²) >= 11 is 1.57. The van der Waals surface area contributed by atoms with Crippen LogP contribution in [0, 0.1) is 6.92 Å². The minimum absolute atomic E-state index is 0.938. The summed E-state index contributed by atoms with van der Waals surface area (Å²) in [7, 11) is 0. The SMILES string of the molecule is C=C(C)c1nnc(C)s1. The molecule has 2 nitrogen and oxygen atoms in total. The number of rotatable bonds is 1. The Morgan fingerprint density at radius 2 is 2.22 bits per heavy atom. The summed E-state index contributed by atoms with van der Waals surface area (Å²) in [5.74, 6) is 0. The van der Waals surface area contributed by atoms with Gasteiger partial charge in [0.1, 0.15) is 10.0 Å². The zero-order chi connectivity index (χ0) is 6.85. The van der Waals surface area contributed by atoms with Crippen LogP contribution < -0.4 is 0 Å². The van der Waals surface area contributed by atoms with Crippen LogP contribution in [0.3, 0.4) is 0 Å². The molecule has 0 bridgehead atoms. The van der Waals surface area contributed by atoms with Crippen molar-refractivity contribution in [2.24, 2.45) is 0 Å². The summed E-state index contributed by atoms with van der Waals surface area (Å²) in [6.45, 7) is 7.61. The van der Waals surface area contributed by atoms with Crippen molar-refractivity contribution in [3.8, 4) is 0 Å². The van der Waals surface area contributed by atoms with Gasteiger partial charge in [0.15, 0.2) is 0 Å². The van der Waals surface area contributed by atoms with Crippen molar-refractivity contribution in [3.05, 3.63) is 16.6 Å². The van der Waals surface area contributed by atoms with E-state index >= 15 is 0 Å². The average Bonchev–Trinajstić information content (AvgIpc) is 2.14. The van der Waals surface area contributed by atoms with Gasteiger partial charge < -0.3 is 0 Å². The number of aromatic nitrogens is 2. The molecule has 48 valence electrons. The van der Waals surface area contributed by atoms with Gasteiger partial charge >= 0.3 is 0 Å². The molecule has 0 unspecified atom stereocenters. The summed E-state index contributed by atoms with van der Waals surface area (Å²) in [4.78, 5) is 0. The second-order valence-electron chi connectivity index (χ2n) is 1.91. The van der Waals surface area contributed by atoms with E-state index in [1.165, 1.54) is 0 Å². The van der Waals surface area contributed by atoms with Gasteiger partial charge in [-0.3, -0.25) is 0 Å². The Kier molecular flexibility index (Phi) is 1.62. The molecular formula is C6H8N2S. The maximum atomic E-state index is 3.88. The summed E-state index contributed by atoms with van der Waals surface area (Å²) in [6.07, 6.45) is 0. The molecule has 0 saturated carbocycles. The highest BCUT2D eigenvalue weighted by Gasteiger charge is 1.97. The molecule has 9 heavy (non-hydrogen) atoms. The van der Waals surface area contributed by atoms with Crippen molar-refractivity contribution in [3.63, 3.8) is 0 Å². The van der Waals surface area contributed by atoms with Crippen LogP contribution in [0.1, 0.15) is 16.9 Å². The normalized spacial score (nSPS) is 9.56. The largest absolute Gasteiger partial charge is 0.144 e.